The zero-order valence-corrected chi connectivity index (χ0v) is 24.1. The number of aliphatic carboxylic acids is 1. The SMILES string of the molecule is C[C@H](Cc1ccc(S(=O)(=O)c2ccccc2OCC(=O)O)cc1)NC(Cc1ccccc1)[C@H](O)c1cccc(Cl)c1. The number of sulfone groups is 1. The summed E-state index contributed by atoms with van der Waals surface area (Å²) in [5, 5.41) is 24.3. The van der Waals surface area contributed by atoms with E-state index in [9.17, 15) is 18.3 Å². The van der Waals surface area contributed by atoms with Crippen molar-refractivity contribution in [3.63, 3.8) is 0 Å². The maximum Gasteiger partial charge on any atom is 0.341 e. The Labute approximate surface area is 245 Å². The van der Waals surface area contributed by atoms with E-state index in [4.69, 9.17) is 21.4 Å². The van der Waals surface area contributed by atoms with Gasteiger partial charge in [0.05, 0.1) is 11.0 Å². The van der Waals surface area contributed by atoms with E-state index in [-0.39, 0.29) is 27.6 Å². The zero-order valence-electron chi connectivity index (χ0n) is 22.5. The number of benzene rings is 4. The quantitative estimate of drug-likeness (QED) is 0.188. The van der Waals surface area contributed by atoms with Gasteiger partial charge in [0.1, 0.15) is 10.6 Å². The van der Waals surface area contributed by atoms with Crippen molar-refractivity contribution in [1.29, 1.82) is 0 Å². The molecule has 4 aromatic carbocycles. The second-order valence-corrected chi connectivity index (χ2v) is 12.2. The van der Waals surface area contributed by atoms with Crippen molar-refractivity contribution in [2.24, 2.45) is 0 Å². The van der Waals surface area contributed by atoms with Crippen LogP contribution in [-0.4, -0.2) is 43.3 Å². The Morgan fingerprint density at radius 3 is 2.22 bits per heavy atom. The van der Waals surface area contributed by atoms with E-state index >= 15 is 0 Å². The van der Waals surface area contributed by atoms with Gasteiger partial charge in [0.2, 0.25) is 9.84 Å². The highest BCUT2D eigenvalue weighted by Crippen LogP contribution is 2.30. The molecule has 0 saturated carbocycles. The minimum Gasteiger partial charge on any atom is -0.481 e. The third-order valence-electron chi connectivity index (χ3n) is 6.63. The summed E-state index contributed by atoms with van der Waals surface area (Å²) < 4.78 is 31.8. The molecule has 0 saturated heterocycles. The van der Waals surface area contributed by atoms with E-state index in [0.29, 0.717) is 17.9 Å². The lowest BCUT2D eigenvalue weighted by molar-refractivity contribution is -0.139. The lowest BCUT2D eigenvalue weighted by Gasteiger charge is -2.28. The number of hydrogen-bond acceptors (Lipinski definition) is 6. The Morgan fingerprint density at radius 2 is 1.54 bits per heavy atom. The van der Waals surface area contributed by atoms with E-state index in [1.54, 1.807) is 36.4 Å². The Bertz CT molecular complexity index is 1560. The molecule has 1 unspecified atom stereocenters. The number of ether oxygens (including phenoxy) is 1. The smallest absolute Gasteiger partial charge is 0.341 e. The number of carbonyl (C=O) groups is 1. The van der Waals surface area contributed by atoms with Crippen LogP contribution >= 0.6 is 11.6 Å². The van der Waals surface area contributed by atoms with Crippen LogP contribution in [0.1, 0.15) is 29.7 Å². The maximum absolute atomic E-state index is 13.3. The molecular formula is C32H32ClNO6S. The molecular weight excluding hydrogens is 562 g/mol. The minimum absolute atomic E-state index is 0.0143. The highest BCUT2D eigenvalue weighted by atomic mass is 35.5. The molecule has 41 heavy (non-hydrogen) atoms. The molecule has 7 nitrogen and oxygen atoms in total. The van der Waals surface area contributed by atoms with Crippen LogP contribution < -0.4 is 10.1 Å². The van der Waals surface area contributed by atoms with Crippen molar-refractivity contribution in [2.75, 3.05) is 6.61 Å². The first-order valence-corrected chi connectivity index (χ1v) is 15.0. The molecule has 0 aliphatic carbocycles. The molecule has 0 amide bonds. The summed E-state index contributed by atoms with van der Waals surface area (Å²) in [7, 11) is -3.94. The van der Waals surface area contributed by atoms with Gasteiger partial charge in [0.25, 0.3) is 0 Å². The summed E-state index contributed by atoms with van der Waals surface area (Å²) >= 11 is 6.18. The minimum atomic E-state index is -3.94. The van der Waals surface area contributed by atoms with Crippen LogP contribution in [-0.2, 0) is 27.5 Å². The van der Waals surface area contributed by atoms with Gasteiger partial charge >= 0.3 is 5.97 Å². The van der Waals surface area contributed by atoms with Crippen LogP contribution in [0.4, 0.5) is 0 Å². The normalized spacial score (nSPS) is 13.7. The van der Waals surface area contributed by atoms with E-state index in [0.717, 1.165) is 16.7 Å². The zero-order chi connectivity index (χ0) is 29.4. The topological polar surface area (TPSA) is 113 Å². The first-order chi connectivity index (χ1) is 19.6. The molecule has 214 valence electrons. The van der Waals surface area contributed by atoms with Gasteiger partial charge in [-0.2, -0.15) is 0 Å². The van der Waals surface area contributed by atoms with Crippen LogP contribution in [0.15, 0.2) is 113 Å². The largest absolute Gasteiger partial charge is 0.481 e. The number of carboxylic acids is 1. The Morgan fingerprint density at radius 1 is 0.878 bits per heavy atom. The Kier molecular flexibility index (Phi) is 10.2. The molecule has 3 atom stereocenters. The molecule has 0 aliphatic rings. The van der Waals surface area contributed by atoms with Gasteiger partial charge in [-0.1, -0.05) is 78.3 Å². The third-order valence-corrected chi connectivity index (χ3v) is 8.68. The predicted molar refractivity (Wildman–Crippen MR) is 158 cm³/mol. The van der Waals surface area contributed by atoms with Gasteiger partial charge in [0.15, 0.2) is 6.61 Å². The van der Waals surface area contributed by atoms with Crippen LogP contribution in [0.3, 0.4) is 0 Å². The van der Waals surface area contributed by atoms with Crippen LogP contribution in [0.5, 0.6) is 5.75 Å². The van der Waals surface area contributed by atoms with Crippen molar-refractivity contribution < 1.29 is 28.2 Å². The molecule has 0 spiro atoms. The first-order valence-electron chi connectivity index (χ1n) is 13.1. The van der Waals surface area contributed by atoms with Gasteiger partial charge in [-0.3, -0.25) is 0 Å². The third kappa shape index (κ3) is 8.17. The van der Waals surface area contributed by atoms with Gasteiger partial charge in [-0.25, -0.2) is 13.2 Å². The fourth-order valence-electron chi connectivity index (χ4n) is 4.69. The second kappa shape index (κ2) is 13.8. The number of carboxylic acid groups (broad SMARTS) is 1. The van der Waals surface area contributed by atoms with Gasteiger partial charge in [0, 0.05) is 17.1 Å². The number of rotatable bonds is 13. The molecule has 0 aromatic heterocycles. The highest BCUT2D eigenvalue weighted by Gasteiger charge is 2.25. The maximum atomic E-state index is 13.3. The number of aliphatic hydroxyl groups excluding tert-OH is 1. The average Bonchev–Trinajstić information content (AvgIpc) is 2.96. The molecule has 4 aromatic rings. The second-order valence-electron chi connectivity index (χ2n) is 9.84. The standard InChI is InChI=1S/C32H32ClNO6S/c1-22(34-28(19-23-8-3-2-4-9-23)32(37)25-10-7-11-26(33)20-25)18-24-14-16-27(17-15-24)41(38,39)30-13-6-5-12-29(30)40-21-31(35)36/h2-17,20,22,28,32,34,37H,18-19,21H2,1H3,(H,35,36)/t22-,28?,32-/m1/s1. The number of nitrogens with one attached hydrogen (secondary N) is 1. The number of halogens is 1. The molecule has 9 heteroatoms. The molecule has 0 radical (unpaired) electrons. The summed E-state index contributed by atoms with van der Waals surface area (Å²) in [5.74, 6) is -1.21. The van der Waals surface area contributed by atoms with Gasteiger partial charge in [-0.15, -0.1) is 0 Å². The van der Waals surface area contributed by atoms with E-state index in [1.165, 1.54) is 24.3 Å². The summed E-state index contributed by atoms with van der Waals surface area (Å²) in [6.45, 7) is 1.37. The molecule has 4 rings (SSSR count). The number of para-hydroxylation sites is 1. The Balaban J connectivity index is 1.48. The molecule has 0 bridgehead atoms. The molecule has 3 N–H and O–H groups in total. The summed E-state index contributed by atoms with van der Waals surface area (Å²) in [4.78, 5) is 10.9. The fraction of sp³-hybridized carbons (Fsp3) is 0.219. The highest BCUT2D eigenvalue weighted by molar-refractivity contribution is 7.91. The monoisotopic (exact) mass is 593 g/mol. The van der Waals surface area contributed by atoms with E-state index in [1.807, 2.05) is 49.4 Å². The van der Waals surface area contributed by atoms with Crippen LogP contribution in [0.25, 0.3) is 0 Å². The lowest BCUT2D eigenvalue weighted by atomic mass is 9.94. The Hall–Kier alpha value is -3.69. The predicted octanol–water partition coefficient (Wildman–Crippen LogP) is 5.50. The molecule has 0 heterocycles. The molecule has 0 fully saturated rings. The van der Waals surface area contributed by atoms with Crippen LogP contribution in [0.2, 0.25) is 5.02 Å². The van der Waals surface area contributed by atoms with Crippen molar-refractivity contribution in [3.05, 3.63) is 125 Å². The van der Waals surface area contributed by atoms with E-state index < -0.39 is 28.5 Å². The van der Waals surface area contributed by atoms with Crippen molar-refractivity contribution in [1.82, 2.24) is 5.32 Å². The number of aliphatic hydroxyl groups is 1. The summed E-state index contributed by atoms with van der Waals surface area (Å²) in [6, 6.07) is 29.3. The first kappa shape index (κ1) is 30.3. The summed E-state index contributed by atoms with van der Waals surface area (Å²) in [5.41, 5.74) is 2.72. The van der Waals surface area contributed by atoms with Gasteiger partial charge in [-0.05, 0) is 72.9 Å². The lowest BCUT2D eigenvalue weighted by Crippen LogP contribution is -2.43. The van der Waals surface area contributed by atoms with Crippen molar-refractivity contribution >= 4 is 27.4 Å². The van der Waals surface area contributed by atoms with Crippen LogP contribution in [0, 0.1) is 0 Å². The fourth-order valence-corrected chi connectivity index (χ4v) is 6.29. The van der Waals surface area contributed by atoms with Gasteiger partial charge < -0.3 is 20.3 Å². The van der Waals surface area contributed by atoms with Crippen molar-refractivity contribution in [3.8, 4) is 5.75 Å². The molecule has 0 aliphatic heterocycles. The average molecular weight is 594 g/mol. The van der Waals surface area contributed by atoms with Crippen molar-refractivity contribution in [2.45, 2.75) is 47.7 Å². The summed E-state index contributed by atoms with van der Waals surface area (Å²) in [6.07, 6.45) is 0.387. The van der Waals surface area contributed by atoms with E-state index in [2.05, 4.69) is 5.32 Å². The number of hydrogen-bond donors (Lipinski definition) is 3.